The molecule has 1 atom stereocenters. The van der Waals surface area contributed by atoms with Crippen molar-refractivity contribution < 1.29 is 14.6 Å². The third-order valence-electron chi connectivity index (χ3n) is 5.94. The van der Waals surface area contributed by atoms with Crippen LogP contribution in [0.2, 0.25) is 0 Å². The number of carbonyl (C=O) groups is 1. The number of benzene rings is 3. The standard InChI is InChI=1S/C26H23N3O3/c1-16-25(19-7-3-5-9-21(19)27-16)22-15-23(17-11-13-18(32-2)14-12-17)29(28-22)26(31)20-8-4-6-10-24(20)30/h3-14,23,27,30H,15H2,1-2H3. The highest BCUT2D eigenvalue weighted by Crippen LogP contribution is 2.37. The van der Waals surface area contributed by atoms with E-state index in [1.54, 1.807) is 25.3 Å². The highest BCUT2D eigenvalue weighted by Gasteiger charge is 2.35. The van der Waals surface area contributed by atoms with Gasteiger partial charge in [0.1, 0.15) is 11.5 Å². The van der Waals surface area contributed by atoms with E-state index in [-0.39, 0.29) is 23.3 Å². The Morgan fingerprint density at radius 2 is 1.78 bits per heavy atom. The van der Waals surface area contributed by atoms with Gasteiger partial charge in [-0.05, 0) is 42.8 Å². The van der Waals surface area contributed by atoms with Crippen molar-refractivity contribution in [2.45, 2.75) is 19.4 Å². The molecule has 0 aliphatic carbocycles. The molecule has 160 valence electrons. The first-order valence-electron chi connectivity index (χ1n) is 10.5. The molecule has 0 saturated carbocycles. The average Bonchev–Trinajstić information content (AvgIpc) is 3.39. The minimum atomic E-state index is -0.337. The van der Waals surface area contributed by atoms with Crippen molar-refractivity contribution >= 4 is 22.5 Å². The number of hydrogen-bond acceptors (Lipinski definition) is 4. The molecule has 5 rings (SSSR count). The highest BCUT2D eigenvalue weighted by molar-refractivity contribution is 6.14. The van der Waals surface area contributed by atoms with E-state index < -0.39 is 0 Å². The first kappa shape index (κ1) is 19.9. The zero-order chi connectivity index (χ0) is 22.2. The molecule has 1 aliphatic heterocycles. The summed E-state index contributed by atoms with van der Waals surface area (Å²) in [5, 5.41) is 17.7. The Kier molecular flexibility index (Phi) is 4.90. The van der Waals surface area contributed by atoms with Gasteiger partial charge in [-0.3, -0.25) is 4.79 Å². The zero-order valence-corrected chi connectivity index (χ0v) is 17.9. The van der Waals surface area contributed by atoms with E-state index in [4.69, 9.17) is 9.84 Å². The number of phenolic OH excluding ortho intramolecular Hbond substituents is 1. The van der Waals surface area contributed by atoms with Gasteiger partial charge in [0.25, 0.3) is 5.91 Å². The third kappa shape index (κ3) is 3.30. The van der Waals surface area contributed by atoms with Crippen molar-refractivity contribution in [2.75, 3.05) is 7.11 Å². The van der Waals surface area contributed by atoms with Crippen molar-refractivity contribution in [3.63, 3.8) is 0 Å². The maximum absolute atomic E-state index is 13.5. The number of aryl methyl sites for hydroxylation is 1. The normalized spacial score (nSPS) is 15.8. The van der Waals surface area contributed by atoms with Gasteiger partial charge in [-0.1, -0.05) is 42.5 Å². The number of methoxy groups -OCH3 is 1. The number of fused-ring (bicyclic) bond motifs is 1. The lowest BCUT2D eigenvalue weighted by Crippen LogP contribution is -2.27. The number of aromatic hydroxyl groups is 1. The number of para-hydroxylation sites is 2. The van der Waals surface area contributed by atoms with Crippen molar-refractivity contribution in [3.8, 4) is 11.5 Å². The Hall–Kier alpha value is -4.06. The maximum atomic E-state index is 13.5. The third-order valence-corrected chi connectivity index (χ3v) is 5.94. The summed E-state index contributed by atoms with van der Waals surface area (Å²) in [4.78, 5) is 16.9. The number of nitrogens with zero attached hydrogens (tertiary/aromatic N) is 2. The molecule has 0 spiro atoms. The number of rotatable bonds is 4. The highest BCUT2D eigenvalue weighted by atomic mass is 16.5. The Morgan fingerprint density at radius 3 is 2.53 bits per heavy atom. The molecule has 1 unspecified atom stereocenters. The predicted molar refractivity (Wildman–Crippen MR) is 124 cm³/mol. The minimum absolute atomic E-state index is 0.0575. The summed E-state index contributed by atoms with van der Waals surface area (Å²) in [7, 11) is 1.62. The lowest BCUT2D eigenvalue weighted by Gasteiger charge is -2.22. The van der Waals surface area contributed by atoms with Crippen LogP contribution in [-0.2, 0) is 0 Å². The first-order chi connectivity index (χ1) is 15.6. The molecular formula is C26H23N3O3. The summed E-state index contributed by atoms with van der Waals surface area (Å²) in [5.41, 5.74) is 5.08. The SMILES string of the molecule is COc1ccc(C2CC(c3c(C)[nH]c4ccccc34)=NN2C(=O)c2ccccc2O)cc1. The second-order valence-electron chi connectivity index (χ2n) is 7.88. The lowest BCUT2D eigenvalue weighted by molar-refractivity contribution is 0.0708. The minimum Gasteiger partial charge on any atom is -0.507 e. The van der Waals surface area contributed by atoms with Crippen LogP contribution >= 0.6 is 0 Å². The summed E-state index contributed by atoms with van der Waals surface area (Å²) in [6.45, 7) is 2.02. The summed E-state index contributed by atoms with van der Waals surface area (Å²) >= 11 is 0. The number of hydrogen-bond donors (Lipinski definition) is 2. The second kappa shape index (κ2) is 7.89. The molecule has 32 heavy (non-hydrogen) atoms. The van der Waals surface area contributed by atoms with Crippen LogP contribution in [0.4, 0.5) is 0 Å². The molecule has 2 heterocycles. The largest absolute Gasteiger partial charge is 0.507 e. The number of nitrogens with one attached hydrogen (secondary N) is 1. The molecule has 2 N–H and O–H groups in total. The molecule has 6 heteroatoms. The number of amides is 1. The first-order valence-corrected chi connectivity index (χ1v) is 10.5. The van der Waals surface area contributed by atoms with E-state index >= 15 is 0 Å². The van der Waals surface area contributed by atoms with Crippen LogP contribution in [0, 0.1) is 6.92 Å². The number of carbonyl (C=O) groups excluding carboxylic acids is 1. The second-order valence-corrected chi connectivity index (χ2v) is 7.88. The van der Waals surface area contributed by atoms with E-state index in [9.17, 15) is 9.90 Å². The van der Waals surface area contributed by atoms with Crippen molar-refractivity contribution in [1.82, 2.24) is 9.99 Å². The van der Waals surface area contributed by atoms with E-state index in [2.05, 4.69) is 11.1 Å². The number of aromatic nitrogens is 1. The van der Waals surface area contributed by atoms with Gasteiger partial charge < -0.3 is 14.8 Å². The summed E-state index contributed by atoms with van der Waals surface area (Å²) in [6.07, 6.45) is 0.564. The molecule has 1 amide bonds. The number of ether oxygens (including phenoxy) is 1. The Balaban J connectivity index is 1.61. The zero-order valence-electron chi connectivity index (χ0n) is 17.9. The van der Waals surface area contributed by atoms with Crippen LogP contribution in [0.25, 0.3) is 10.9 Å². The number of phenols is 1. The monoisotopic (exact) mass is 425 g/mol. The van der Waals surface area contributed by atoms with Gasteiger partial charge in [0, 0.05) is 28.6 Å². The lowest BCUT2D eigenvalue weighted by atomic mass is 9.96. The molecular weight excluding hydrogens is 402 g/mol. The summed E-state index contributed by atoms with van der Waals surface area (Å²) < 4.78 is 5.29. The molecule has 0 bridgehead atoms. The van der Waals surface area contributed by atoms with Gasteiger partial charge in [0.2, 0.25) is 0 Å². The maximum Gasteiger partial charge on any atom is 0.278 e. The van der Waals surface area contributed by atoms with Crippen LogP contribution in [-0.4, -0.2) is 33.8 Å². The van der Waals surface area contributed by atoms with Gasteiger partial charge >= 0.3 is 0 Å². The van der Waals surface area contributed by atoms with Crippen molar-refractivity contribution in [3.05, 3.63) is 95.2 Å². The molecule has 6 nitrogen and oxygen atoms in total. The fraction of sp³-hybridized carbons (Fsp3) is 0.154. The summed E-state index contributed by atoms with van der Waals surface area (Å²) in [5.74, 6) is 0.355. The smallest absolute Gasteiger partial charge is 0.278 e. The molecule has 0 fully saturated rings. The molecule has 3 aromatic carbocycles. The molecule has 1 aromatic heterocycles. The Labute approximate surface area is 185 Å². The van der Waals surface area contributed by atoms with Gasteiger partial charge in [-0.2, -0.15) is 5.10 Å². The van der Waals surface area contributed by atoms with E-state index in [1.165, 1.54) is 11.1 Å². The molecule has 0 saturated heterocycles. The van der Waals surface area contributed by atoms with Crippen molar-refractivity contribution in [1.29, 1.82) is 0 Å². The fourth-order valence-corrected chi connectivity index (χ4v) is 4.36. The van der Waals surface area contributed by atoms with E-state index in [0.717, 1.165) is 39.2 Å². The quantitative estimate of drug-likeness (QED) is 0.473. The fourth-order valence-electron chi connectivity index (χ4n) is 4.36. The summed E-state index contributed by atoms with van der Waals surface area (Å²) in [6, 6.07) is 22.0. The van der Waals surface area contributed by atoms with Crippen LogP contribution in [0.5, 0.6) is 11.5 Å². The average molecular weight is 425 g/mol. The Morgan fingerprint density at radius 1 is 1.06 bits per heavy atom. The van der Waals surface area contributed by atoms with Crippen LogP contribution < -0.4 is 4.74 Å². The predicted octanol–water partition coefficient (Wildman–Crippen LogP) is 5.18. The van der Waals surface area contributed by atoms with Crippen LogP contribution in [0.3, 0.4) is 0 Å². The topological polar surface area (TPSA) is 77.9 Å². The van der Waals surface area contributed by atoms with E-state index in [1.807, 2.05) is 49.4 Å². The number of H-pyrrole nitrogens is 1. The van der Waals surface area contributed by atoms with Gasteiger partial charge in [-0.25, -0.2) is 5.01 Å². The molecule has 0 radical (unpaired) electrons. The molecule has 4 aromatic rings. The number of aromatic amines is 1. The van der Waals surface area contributed by atoms with Gasteiger partial charge in [0.05, 0.1) is 24.4 Å². The number of hydrazone groups is 1. The van der Waals surface area contributed by atoms with E-state index in [0.29, 0.717) is 6.42 Å². The van der Waals surface area contributed by atoms with Crippen LogP contribution in [0.15, 0.2) is 77.9 Å². The van der Waals surface area contributed by atoms with Crippen molar-refractivity contribution in [2.24, 2.45) is 5.10 Å². The Bertz CT molecular complexity index is 1340. The molecule has 1 aliphatic rings. The van der Waals surface area contributed by atoms with Crippen LogP contribution in [0.1, 0.15) is 39.6 Å². The van der Waals surface area contributed by atoms with Gasteiger partial charge in [0.15, 0.2) is 0 Å². The van der Waals surface area contributed by atoms with Gasteiger partial charge in [-0.15, -0.1) is 0 Å².